The molecule has 6 heteroatoms. The van der Waals surface area contributed by atoms with Crippen molar-refractivity contribution in [3.05, 3.63) is 20.2 Å². The Bertz CT molecular complexity index is 476. The molecular weight excluding hydrogens is 230 g/mol. The number of thiazole rings is 1. The minimum absolute atomic E-state index is 0.0246. The van der Waals surface area contributed by atoms with Crippen molar-refractivity contribution in [1.29, 1.82) is 0 Å². The number of carbonyl (C=O) groups is 1. The standard InChI is InChI=1S/C10H13NO4S/c1-5-3-7-9(6(2)15-5)16-10(14)11(7)4-8(12)13/h5-6H,3-4H2,1-2H3,(H,12,13). The van der Waals surface area contributed by atoms with E-state index < -0.39 is 5.97 Å². The molecule has 2 heterocycles. The number of fused-ring (bicyclic) bond motifs is 1. The molecule has 0 saturated carbocycles. The van der Waals surface area contributed by atoms with E-state index >= 15 is 0 Å². The first-order valence-electron chi connectivity index (χ1n) is 5.08. The summed E-state index contributed by atoms with van der Waals surface area (Å²) in [5.41, 5.74) is 0.823. The van der Waals surface area contributed by atoms with Crippen LogP contribution < -0.4 is 4.87 Å². The molecule has 0 spiro atoms. The highest BCUT2D eigenvalue weighted by molar-refractivity contribution is 7.09. The molecule has 0 aliphatic carbocycles. The molecular formula is C10H13NO4S. The third-order valence-electron chi connectivity index (χ3n) is 2.61. The Hall–Kier alpha value is -1.14. The second-order valence-corrected chi connectivity index (χ2v) is 4.95. The molecule has 1 aromatic rings. The van der Waals surface area contributed by atoms with Gasteiger partial charge in [0.1, 0.15) is 6.54 Å². The quantitative estimate of drug-likeness (QED) is 0.842. The Morgan fingerprint density at radius 1 is 1.62 bits per heavy atom. The highest BCUT2D eigenvalue weighted by Gasteiger charge is 2.28. The van der Waals surface area contributed by atoms with E-state index in [1.165, 1.54) is 4.57 Å². The number of carboxylic acid groups (broad SMARTS) is 1. The molecule has 16 heavy (non-hydrogen) atoms. The molecule has 0 amide bonds. The average molecular weight is 243 g/mol. The fourth-order valence-corrected chi connectivity index (χ4v) is 3.01. The molecule has 2 atom stereocenters. The Morgan fingerprint density at radius 3 is 2.94 bits per heavy atom. The van der Waals surface area contributed by atoms with Crippen LogP contribution in [0.2, 0.25) is 0 Å². The first-order valence-corrected chi connectivity index (χ1v) is 5.90. The summed E-state index contributed by atoms with van der Waals surface area (Å²) in [6.07, 6.45) is 0.508. The Balaban J connectivity index is 2.47. The van der Waals surface area contributed by atoms with Crippen LogP contribution in [-0.2, 0) is 22.5 Å². The third kappa shape index (κ3) is 1.90. The number of nitrogens with zero attached hydrogens (tertiary/aromatic N) is 1. The fourth-order valence-electron chi connectivity index (χ4n) is 2.01. The van der Waals surface area contributed by atoms with Crippen molar-refractivity contribution < 1.29 is 14.6 Å². The topological polar surface area (TPSA) is 68.5 Å². The number of rotatable bonds is 2. The molecule has 0 aromatic carbocycles. The van der Waals surface area contributed by atoms with Crippen molar-refractivity contribution in [2.45, 2.75) is 39.0 Å². The zero-order valence-electron chi connectivity index (χ0n) is 9.10. The van der Waals surface area contributed by atoms with E-state index in [0.717, 1.165) is 21.9 Å². The van der Waals surface area contributed by atoms with Crippen molar-refractivity contribution in [3.63, 3.8) is 0 Å². The van der Waals surface area contributed by atoms with Gasteiger partial charge in [0.25, 0.3) is 0 Å². The summed E-state index contributed by atoms with van der Waals surface area (Å²) in [4.78, 5) is 23.0. The number of ether oxygens (including phenoxy) is 1. The van der Waals surface area contributed by atoms with Crippen molar-refractivity contribution in [3.8, 4) is 0 Å². The van der Waals surface area contributed by atoms with Gasteiger partial charge < -0.3 is 9.84 Å². The van der Waals surface area contributed by atoms with Crippen LogP contribution in [0, 0.1) is 0 Å². The predicted octanol–water partition coefficient (Wildman–Crippen LogP) is 1.02. The smallest absolute Gasteiger partial charge is 0.323 e. The summed E-state index contributed by atoms with van der Waals surface area (Å²) in [7, 11) is 0. The number of aliphatic carboxylic acids is 1. The molecule has 88 valence electrons. The van der Waals surface area contributed by atoms with E-state index in [2.05, 4.69) is 0 Å². The molecule has 1 aliphatic rings. The maximum Gasteiger partial charge on any atom is 0.323 e. The Labute approximate surface area is 96.3 Å². The maximum absolute atomic E-state index is 11.7. The lowest BCUT2D eigenvalue weighted by atomic mass is 10.1. The molecule has 1 N–H and O–H groups in total. The second kappa shape index (κ2) is 4.03. The van der Waals surface area contributed by atoms with Gasteiger partial charge in [-0.2, -0.15) is 0 Å². The molecule has 1 aromatic heterocycles. The van der Waals surface area contributed by atoms with Gasteiger partial charge in [-0.05, 0) is 13.8 Å². The van der Waals surface area contributed by atoms with E-state index in [1.807, 2.05) is 13.8 Å². The van der Waals surface area contributed by atoms with Gasteiger partial charge in [-0.3, -0.25) is 14.2 Å². The third-order valence-corrected chi connectivity index (χ3v) is 3.79. The summed E-state index contributed by atoms with van der Waals surface area (Å²) in [5.74, 6) is -0.991. The van der Waals surface area contributed by atoms with Crippen molar-refractivity contribution in [2.75, 3.05) is 0 Å². The van der Waals surface area contributed by atoms with Crippen LogP contribution in [0.4, 0.5) is 0 Å². The van der Waals surface area contributed by atoms with Crippen molar-refractivity contribution >= 4 is 17.3 Å². The molecule has 2 rings (SSSR count). The van der Waals surface area contributed by atoms with Gasteiger partial charge in [-0.25, -0.2) is 0 Å². The number of aromatic nitrogens is 1. The molecule has 0 fully saturated rings. The number of carboxylic acids is 1. The Kier molecular flexibility index (Phi) is 2.86. The molecule has 0 radical (unpaired) electrons. The fraction of sp³-hybridized carbons (Fsp3) is 0.600. The lowest BCUT2D eigenvalue weighted by molar-refractivity contribution is -0.137. The van der Waals surface area contributed by atoms with Crippen molar-refractivity contribution in [1.82, 2.24) is 4.57 Å². The van der Waals surface area contributed by atoms with Gasteiger partial charge in [0.15, 0.2) is 0 Å². The lowest BCUT2D eigenvalue weighted by Crippen LogP contribution is -2.27. The first-order chi connectivity index (χ1) is 7.49. The van der Waals surface area contributed by atoms with Gasteiger partial charge >= 0.3 is 10.8 Å². The van der Waals surface area contributed by atoms with Crippen LogP contribution in [0.15, 0.2) is 4.79 Å². The van der Waals surface area contributed by atoms with Crippen LogP contribution in [-0.4, -0.2) is 21.7 Å². The van der Waals surface area contributed by atoms with Crippen LogP contribution in [0.3, 0.4) is 0 Å². The van der Waals surface area contributed by atoms with Gasteiger partial charge in [0, 0.05) is 12.1 Å². The summed E-state index contributed by atoms with van der Waals surface area (Å²) in [6, 6.07) is 0. The highest BCUT2D eigenvalue weighted by atomic mass is 32.1. The zero-order valence-corrected chi connectivity index (χ0v) is 9.91. The van der Waals surface area contributed by atoms with E-state index in [-0.39, 0.29) is 23.6 Å². The number of hydrogen-bond donors (Lipinski definition) is 1. The monoisotopic (exact) mass is 243 g/mol. The second-order valence-electron chi connectivity index (χ2n) is 3.95. The molecule has 2 unspecified atom stereocenters. The minimum atomic E-state index is -0.991. The molecule has 0 saturated heterocycles. The van der Waals surface area contributed by atoms with E-state index in [0.29, 0.717) is 6.42 Å². The van der Waals surface area contributed by atoms with E-state index in [4.69, 9.17) is 9.84 Å². The van der Waals surface area contributed by atoms with Gasteiger partial charge in [-0.1, -0.05) is 11.3 Å². The molecule has 0 bridgehead atoms. The zero-order chi connectivity index (χ0) is 11.9. The lowest BCUT2D eigenvalue weighted by Gasteiger charge is -2.25. The summed E-state index contributed by atoms with van der Waals surface area (Å²) < 4.78 is 6.94. The Morgan fingerprint density at radius 2 is 2.31 bits per heavy atom. The predicted molar refractivity (Wildman–Crippen MR) is 58.9 cm³/mol. The van der Waals surface area contributed by atoms with Gasteiger partial charge in [0.2, 0.25) is 0 Å². The molecule has 5 nitrogen and oxygen atoms in total. The maximum atomic E-state index is 11.7. The van der Waals surface area contributed by atoms with E-state index in [9.17, 15) is 9.59 Å². The van der Waals surface area contributed by atoms with Crippen LogP contribution in [0.25, 0.3) is 0 Å². The highest BCUT2D eigenvalue weighted by Crippen LogP contribution is 2.31. The number of hydrogen-bond acceptors (Lipinski definition) is 4. The summed E-state index contributed by atoms with van der Waals surface area (Å²) in [6.45, 7) is 3.55. The summed E-state index contributed by atoms with van der Waals surface area (Å²) >= 11 is 1.09. The van der Waals surface area contributed by atoms with E-state index in [1.54, 1.807) is 0 Å². The van der Waals surface area contributed by atoms with Crippen LogP contribution in [0.5, 0.6) is 0 Å². The van der Waals surface area contributed by atoms with Crippen LogP contribution in [0.1, 0.15) is 30.5 Å². The normalized spacial score (nSPS) is 24.1. The van der Waals surface area contributed by atoms with Crippen LogP contribution >= 0.6 is 11.3 Å². The van der Waals surface area contributed by atoms with Gasteiger partial charge in [0.05, 0.1) is 17.1 Å². The van der Waals surface area contributed by atoms with Gasteiger partial charge in [-0.15, -0.1) is 0 Å². The average Bonchev–Trinajstić information content (AvgIpc) is 2.45. The van der Waals surface area contributed by atoms with Crippen molar-refractivity contribution in [2.24, 2.45) is 0 Å². The largest absolute Gasteiger partial charge is 0.480 e. The summed E-state index contributed by atoms with van der Waals surface area (Å²) in [5, 5.41) is 8.76. The minimum Gasteiger partial charge on any atom is -0.480 e. The first kappa shape index (κ1) is 11.3. The SMILES string of the molecule is CC1Cc2c(sc(=O)n2CC(=O)O)C(C)O1. The molecule has 1 aliphatic heterocycles.